The van der Waals surface area contributed by atoms with Crippen molar-refractivity contribution in [2.75, 3.05) is 0 Å². The minimum absolute atomic E-state index is 0.00624. The minimum Gasteiger partial charge on any atom is -0.309 e. The molecular formula is C41H24F3N5. The highest BCUT2D eigenvalue weighted by molar-refractivity contribution is 6.09. The molecule has 234 valence electrons. The molecular weight excluding hydrogens is 619 g/mol. The molecule has 0 fully saturated rings. The Labute approximate surface area is 279 Å². The molecule has 0 unspecified atom stereocenters. The van der Waals surface area contributed by atoms with Crippen molar-refractivity contribution in [3.63, 3.8) is 0 Å². The lowest BCUT2D eigenvalue weighted by Gasteiger charge is -2.18. The Hall–Kier alpha value is -6.59. The van der Waals surface area contributed by atoms with Crippen molar-refractivity contribution in [1.82, 2.24) is 19.5 Å². The Morgan fingerprint density at radius 3 is 1.78 bits per heavy atom. The van der Waals surface area contributed by atoms with Gasteiger partial charge in [0.2, 0.25) is 0 Å². The summed E-state index contributed by atoms with van der Waals surface area (Å²) in [6.45, 7) is 0. The summed E-state index contributed by atoms with van der Waals surface area (Å²) in [5.74, 6) is 1.03. The average molecular weight is 644 g/mol. The summed E-state index contributed by atoms with van der Waals surface area (Å²) in [7, 11) is 0. The zero-order chi connectivity index (χ0) is 33.5. The summed E-state index contributed by atoms with van der Waals surface area (Å²) in [5.41, 5.74) is 4.14. The second-order valence-electron chi connectivity index (χ2n) is 11.5. The van der Waals surface area contributed by atoms with Crippen LogP contribution in [0.3, 0.4) is 0 Å². The molecule has 8 heteroatoms. The van der Waals surface area contributed by atoms with Gasteiger partial charge in [-0.2, -0.15) is 18.4 Å². The number of nitrogens with zero attached hydrogens (tertiary/aromatic N) is 5. The number of hydrogen-bond acceptors (Lipinski definition) is 4. The summed E-state index contributed by atoms with van der Waals surface area (Å²) in [5, 5.41) is 11.6. The van der Waals surface area contributed by atoms with Crippen LogP contribution in [0, 0.1) is 11.3 Å². The number of fused-ring (bicyclic) bond motifs is 3. The molecule has 0 radical (unpaired) electrons. The third-order valence-electron chi connectivity index (χ3n) is 8.53. The molecule has 8 aromatic rings. The van der Waals surface area contributed by atoms with E-state index in [-0.39, 0.29) is 11.4 Å². The number of alkyl halides is 3. The molecule has 2 heterocycles. The molecule has 2 aromatic heterocycles. The smallest absolute Gasteiger partial charge is 0.309 e. The summed E-state index contributed by atoms with van der Waals surface area (Å²) >= 11 is 0. The Morgan fingerprint density at radius 2 is 1.10 bits per heavy atom. The summed E-state index contributed by atoms with van der Waals surface area (Å²) in [4.78, 5) is 14.5. The lowest BCUT2D eigenvalue weighted by Crippen LogP contribution is -2.08. The van der Waals surface area contributed by atoms with Crippen molar-refractivity contribution < 1.29 is 13.2 Å². The molecule has 0 aliphatic rings. The molecule has 0 atom stereocenters. The highest BCUT2D eigenvalue weighted by Crippen LogP contribution is 2.42. The van der Waals surface area contributed by atoms with E-state index in [0.29, 0.717) is 34.0 Å². The number of para-hydroxylation sites is 1. The van der Waals surface area contributed by atoms with E-state index in [4.69, 9.17) is 15.0 Å². The van der Waals surface area contributed by atoms with Gasteiger partial charge in [-0.1, -0.05) is 103 Å². The Bertz CT molecular complexity index is 2490. The predicted molar refractivity (Wildman–Crippen MR) is 186 cm³/mol. The van der Waals surface area contributed by atoms with E-state index >= 15 is 0 Å². The van der Waals surface area contributed by atoms with Crippen molar-refractivity contribution in [3.05, 3.63) is 157 Å². The second-order valence-corrected chi connectivity index (χ2v) is 11.5. The van der Waals surface area contributed by atoms with Gasteiger partial charge in [0.1, 0.15) is 0 Å². The molecule has 8 rings (SSSR count). The van der Waals surface area contributed by atoms with Gasteiger partial charge in [0, 0.05) is 33.2 Å². The zero-order valence-corrected chi connectivity index (χ0v) is 25.7. The van der Waals surface area contributed by atoms with Gasteiger partial charge in [-0.05, 0) is 53.6 Å². The third kappa shape index (κ3) is 5.37. The standard InChI is InChI=1S/C41H24F3N5/c42-41(43,44)35-17-9-7-15-30(35)34-24-29(49-36-18-10-8-16-31(36)32-21-19-26(25-45)23-37(32)49)20-22-33(34)40-47-38(27-11-3-1-4-12-27)46-39(48-40)28-13-5-2-6-14-28/h1-24H. The van der Waals surface area contributed by atoms with Gasteiger partial charge in [0.25, 0.3) is 0 Å². The molecule has 0 saturated carbocycles. The van der Waals surface area contributed by atoms with Crippen molar-refractivity contribution >= 4 is 21.8 Å². The first-order valence-corrected chi connectivity index (χ1v) is 15.5. The fourth-order valence-electron chi connectivity index (χ4n) is 6.30. The van der Waals surface area contributed by atoms with Crippen LogP contribution in [0.15, 0.2) is 146 Å². The largest absolute Gasteiger partial charge is 0.417 e. The molecule has 0 aliphatic heterocycles. The number of benzene rings is 6. The maximum Gasteiger partial charge on any atom is 0.417 e. The van der Waals surface area contributed by atoms with Crippen molar-refractivity contribution in [2.24, 2.45) is 0 Å². The van der Waals surface area contributed by atoms with E-state index in [1.165, 1.54) is 12.1 Å². The predicted octanol–water partition coefficient (Wildman–Crippen LogP) is 10.5. The summed E-state index contributed by atoms with van der Waals surface area (Å²) < 4.78 is 45.9. The molecule has 0 saturated heterocycles. The van der Waals surface area contributed by atoms with Gasteiger partial charge in [-0.3, -0.25) is 0 Å². The number of aromatic nitrogens is 4. The molecule has 0 spiro atoms. The summed E-state index contributed by atoms with van der Waals surface area (Å²) in [6, 6.07) is 45.2. The van der Waals surface area contributed by atoms with E-state index in [1.807, 2.05) is 102 Å². The van der Waals surface area contributed by atoms with Crippen LogP contribution in [-0.2, 0) is 6.18 Å². The van der Waals surface area contributed by atoms with E-state index in [0.717, 1.165) is 39.0 Å². The van der Waals surface area contributed by atoms with Gasteiger partial charge in [0.15, 0.2) is 17.5 Å². The number of rotatable bonds is 5. The lowest BCUT2D eigenvalue weighted by molar-refractivity contribution is -0.137. The van der Waals surface area contributed by atoms with Crippen LogP contribution in [0.25, 0.3) is 72.8 Å². The molecule has 0 amide bonds. The summed E-state index contributed by atoms with van der Waals surface area (Å²) in [6.07, 6.45) is -4.62. The monoisotopic (exact) mass is 643 g/mol. The van der Waals surface area contributed by atoms with E-state index in [9.17, 15) is 18.4 Å². The molecule has 0 bridgehead atoms. The van der Waals surface area contributed by atoms with E-state index in [2.05, 4.69) is 6.07 Å². The van der Waals surface area contributed by atoms with Crippen molar-refractivity contribution in [2.45, 2.75) is 6.18 Å². The molecule has 6 aromatic carbocycles. The fourth-order valence-corrected chi connectivity index (χ4v) is 6.30. The topological polar surface area (TPSA) is 67.4 Å². The molecule has 49 heavy (non-hydrogen) atoms. The van der Waals surface area contributed by atoms with Crippen LogP contribution in [-0.4, -0.2) is 19.5 Å². The van der Waals surface area contributed by atoms with Crippen LogP contribution in [0.1, 0.15) is 11.1 Å². The third-order valence-corrected chi connectivity index (χ3v) is 8.53. The van der Waals surface area contributed by atoms with Gasteiger partial charge in [0.05, 0.1) is 28.2 Å². The number of nitriles is 1. The van der Waals surface area contributed by atoms with Gasteiger partial charge in [-0.15, -0.1) is 0 Å². The first kappa shape index (κ1) is 29.8. The van der Waals surface area contributed by atoms with Crippen LogP contribution < -0.4 is 0 Å². The average Bonchev–Trinajstić information content (AvgIpc) is 3.48. The van der Waals surface area contributed by atoms with Crippen LogP contribution in [0.4, 0.5) is 13.2 Å². The number of hydrogen-bond donors (Lipinski definition) is 0. The Morgan fingerprint density at radius 1 is 0.510 bits per heavy atom. The molecule has 0 aliphatic carbocycles. The quantitative estimate of drug-likeness (QED) is 0.187. The normalized spacial score (nSPS) is 11.6. The van der Waals surface area contributed by atoms with Gasteiger partial charge < -0.3 is 4.57 Å². The van der Waals surface area contributed by atoms with E-state index < -0.39 is 11.7 Å². The lowest BCUT2D eigenvalue weighted by atomic mass is 9.93. The highest BCUT2D eigenvalue weighted by atomic mass is 19.4. The van der Waals surface area contributed by atoms with Crippen LogP contribution in [0.5, 0.6) is 0 Å². The van der Waals surface area contributed by atoms with Crippen molar-refractivity contribution in [3.8, 4) is 57.0 Å². The maximum absolute atomic E-state index is 14.6. The zero-order valence-electron chi connectivity index (χ0n) is 25.7. The Kier molecular flexibility index (Phi) is 7.23. The second kappa shape index (κ2) is 11.9. The maximum atomic E-state index is 14.6. The van der Waals surface area contributed by atoms with Crippen LogP contribution in [0.2, 0.25) is 0 Å². The molecule has 5 nitrogen and oxygen atoms in total. The minimum atomic E-state index is -4.62. The SMILES string of the molecule is N#Cc1ccc2c3ccccc3n(-c3ccc(-c4nc(-c5ccccc5)nc(-c5ccccc5)n4)c(-c4ccccc4C(F)(F)F)c3)c2c1. The van der Waals surface area contributed by atoms with E-state index in [1.54, 1.807) is 30.3 Å². The first-order valence-electron chi connectivity index (χ1n) is 15.5. The first-order chi connectivity index (χ1) is 23.9. The van der Waals surface area contributed by atoms with Crippen molar-refractivity contribution in [1.29, 1.82) is 5.26 Å². The Balaban J connectivity index is 1.44. The van der Waals surface area contributed by atoms with Gasteiger partial charge in [-0.25, -0.2) is 15.0 Å². The number of halogens is 3. The van der Waals surface area contributed by atoms with Gasteiger partial charge >= 0.3 is 6.18 Å². The fraction of sp³-hybridized carbons (Fsp3) is 0.0244. The van der Waals surface area contributed by atoms with Crippen LogP contribution >= 0.6 is 0 Å². The molecule has 0 N–H and O–H groups in total. The highest BCUT2D eigenvalue weighted by Gasteiger charge is 2.34.